The number of rotatable bonds is 8. The Kier molecular flexibility index (Phi) is 6.24. The maximum Gasteiger partial charge on any atom is 0.124 e. The smallest absolute Gasteiger partial charge is 0.124 e. The molecule has 2 aromatic rings. The van der Waals surface area contributed by atoms with Gasteiger partial charge in [-0.25, -0.2) is 4.98 Å². The van der Waals surface area contributed by atoms with Gasteiger partial charge in [-0.05, 0) is 30.2 Å². The Labute approximate surface area is 147 Å². The molecule has 24 heavy (non-hydrogen) atoms. The molecule has 0 spiro atoms. The first-order valence-corrected chi connectivity index (χ1v) is 12.5. The van der Waals surface area contributed by atoms with Crippen molar-refractivity contribution in [3.8, 4) is 0 Å². The average Bonchev–Trinajstić information content (AvgIpc) is 2.93. The van der Waals surface area contributed by atoms with Crippen molar-refractivity contribution >= 4 is 13.8 Å². The Balaban J connectivity index is 2.13. The minimum absolute atomic E-state index is 0.267. The summed E-state index contributed by atoms with van der Waals surface area (Å²) in [5.74, 6) is 0.267. The van der Waals surface area contributed by atoms with E-state index in [1.807, 2.05) is 18.5 Å². The van der Waals surface area contributed by atoms with E-state index in [1.165, 1.54) is 17.3 Å². The molecule has 1 aromatic carbocycles. The van der Waals surface area contributed by atoms with Gasteiger partial charge in [0.15, 0.2) is 0 Å². The summed E-state index contributed by atoms with van der Waals surface area (Å²) in [6.07, 6.45) is 2.84. The highest BCUT2D eigenvalue weighted by Crippen LogP contribution is 2.27. The Morgan fingerprint density at radius 2 is 1.88 bits per heavy atom. The Bertz CT molecular complexity index is 644. The summed E-state index contributed by atoms with van der Waals surface area (Å²) < 4.78 is 8.09. The standard InChI is InChI=1S/C19H31N3OSi/c1-6-18-19(15(2)16-7-9-17(20)10-8-16)22(13-21-18)14-23-11-12-24(3,4)5/h7-10,13,15H,6,11-12,14,20H2,1-5H3. The fourth-order valence-electron chi connectivity index (χ4n) is 2.79. The maximum absolute atomic E-state index is 5.94. The van der Waals surface area contributed by atoms with Crippen LogP contribution in [0.5, 0.6) is 0 Å². The van der Waals surface area contributed by atoms with Crippen LogP contribution in [-0.2, 0) is 17.9 Å². The number of hydrogen-bond donors (Lipinski definition) is 1. The number of nitrogen functional groups attached to an aromatic ring is 1. The zero-order chi connectivity index (χ0) is 17.7. The van der Waals surface area contributed by atoms with Gasteiger partial charge >= 0.3 is 0 Å². The zero-order valence-electron chi connectivity index (χ0n) is 15.7. The van der Waals surface area contributed by atoms with Crippen molar-refractivity contribution < 1.29 is 4.74 Å². The van der Waals surface area contributed by atoms with Gasteiger partial charge in [0, 0.05) is 32.0 Å². The van der Waals surface area contributed by atoms with Crippen LogP contribution in [0.2, 0.25) is 25.7 Å². The van der Waals surface area contributed by atoms with Gasteiger partial charge in [-0.3, -0.25) is 0 Å². The van der Waals surface area contributed by atoms with Crippen molar-refractivity contribution in [2.24, 2.45) is 0 Å². The molecule has 5 heteroatoms. The lowest BCUT2D eigenvalue weighted by Gasteiger charge is -2.19. The molecule has 1 heterocycles. The third kappa shape index (κ3) is 4.95. The quantitative estimate of drug-likeness (QED) is 0.435. The first-order chi connectivity index (χ1) is 11.3. The predicted molar refractivity (Wildman–Crippen MR) is 104 cm³/mol. The molecule has 132 valence electrons. The summed E-state index contributed by atoms with van der Waals surface area (Å²) in [5, 5.41) is 0. The number of aromatic nitrogens is 2. The molecule has 0 radical (unpaired) electrons. The van der Waals surface area contributed by atoms with Crippen molar-refractivity contribution in [2.75, 3.05) is 12.3 Å². The van der Waals surface area contributed by atoms with Crippen molar-refractivity contribution in [2.45, 2.75) is 58.6 Å². The Hall–Kier alpha value is -1.59. The molecule has 0 aliphatic carbocycles. The molecule has 0 saturated heterocycles. The molecular formula is C19H31N3OSi. The van der Waals surface area contributed by atoms with Crippen LogP contribution in [0.4, 0.5) is 5.69 Å². The van der Waals surface area contributed by atoms with Crippen LogP contribution in [0, 0.1) is 0 Å². The number of aryl methyl sites for hydroxylation is 1. The van der Waals surface area contributed by atoms with E-state index in [4.69, 9.17) is 10.5 Å². The second-order valence-electron chi connectivity index (χ2n) is 7.64. The van der Waals surface area contributed by atoms with Crippen LogP contribution < -0.4 is 5.73 Å². The number of imidazole rings is 1. The highest BCUT2D eigenvalue weighted by molar-refractivity contribution is 6.76. The van der Waals surface area contributed by atoms with Crippen LogP contribution in [0.25, 0.3) is 0 Å². The summed E-state index contributed by atoms with van der Waals surface area (Å²) in [4.78, 5) is 4.59. The minimum Gasteiger partial charge on any atom is -0.399 e. The number of hydrogen-bond acceptors (Lipinski definition) is 3. The molecule has 0 amide bonds. The number of benzene rings is 1. The van der Waals surface area contributed by atoms with Crippen LogP contribution in [0.15, 0.2) is 30.6 Å². The normalized spacial score (nSPS) is 13.2. The summed E-state index contributed by atoms with van der Waals surface area (Å²) >= 11 is 0. The lowest BCUT2D eigenvalue weighted by Crippen LogP contribution is -2.22. The summed E-state index contributed by atoms with van der Waals surface area (Å²) in [6, 6.07) is 9.31. The molecule has 1 atom stereocenters. The molecular weight excluding hydrogens is 314 g/mol. The van der Waals surface area contributed by atoms with Gasteiger partial charge in [-0.1, -0.05) is 45.6 Å². The molecule has 1 aromatic heterocycles. The molecule has 0 bridgehead atoms. The van der Waals surface area contributed by atoms with Gasteiger partial charge in [0.1, 0.15) is 6.73 Å². The number of nitrogens with zero attached hydrogens (tertiary/aromatic N) is 2. The van der Waals surface area contributed by atoms with Gasteiger partial charge in [-0.15, -0.1) is 0 Å². The zero-order valence-corrected chi connectivity index (χ0v) is 16.7. The SMILES string of the molecule is CCc1ncn(COCC[Si](C)(C)C)c1C(C)c1ccc(N)cc1. The van der Waals surface area contributed by atoms with Crippen LogP contribution >= 0.6 is 0 Å². The summed E-state index contributed by atoms with van der Waals surface area (Å²) in [5.41, 5.74) is 10.3. The van der Waals surface area contributed by atoms with E-state index in [-0.39, 0.29) is 5.92 Å². The van der Waals surface area contributed by atoms with Crippen molar-refractivity contribution in [3.05, 3.63) is 47.5 Å². The van der Waals surface area contributed by atoms with E-state index in [1.54, 1.807) is 0 Å². The summed E-state index contributed by atoms with van der Waals surface area (Å²) in [7, 11) is -1.05. The molecule has 0 saturated carbocycles. The average molecular weight is 346 g/mol. The van der Waals surface area contributed by atoms with E-state index in [0.717, 1.165) is 24.4 Å². The van der Waals surface area contributed by atoms with E-state index < -0.39 is 8.07 Å². The van der Waals surface area contributed by atoms with Gasteiger partial charge in [0.05, 0.1) is 12.0 Å². The van der Waals surface area contributed by atoms with Crippen molar-refractivity contribution in [1.29, 1.82) is 0 Å². The van der Waals surface area contributed by atoms with E-state index in [9.17, 15) is 0 Å². The molecule has 1 unspecified atom stereocenters. The molecule has 4 nitrogen and oxygen atoms in total. The number of anilines is 1. The Morgan fingerprint density at radius 3 is 2.46 bits per heavy atom. The van der Waals surface area contributed by atoms with Gasteiger partial charge in [-0.2, -0.15) is 0 Å². The van der Waals surface area contributed by atoms with Gasteiger partial charge in [0.2, 0.25) is 0 Å². The number of nitrogens with two attached hydrogens (primary N) is 1. The second kappa shape index (κ2) is 7.99. The first kappa shape index (κ1) is 18.7. The third-order valence-corrected chi connectivity index (χ3v) is 6.07. The lowest BCUT2D eigenvalue weighted by atomic mass is 9.95. The topological polar surface area (TPSA) is 53.1 Å². The Morgan fingerprint density at radius 1 is 1.21 bits per heavy atom. The summed E-state index contributed by atoms with van der Waals surface area (Å²) in [6.45, 7) is 12.9. The lowest BCUT2D eigenvalue weighted by molar-refractivity contribution is 0.0849. The molecule has 0 aliphatic heterocycles. The largest absolute Gasteiger partial charge is 0.399 e. The van der Waals surface area contributed by atoms with Crippen molar-refractivity contribution in [3.63, 3.8) is 0 Å². The molecule has 2 rings (SSSR count). The number of ether oxygens (including phenoxy) is 1. The van der Waals surface area contributed by atoms with Crippen molar-refractivity contribution in [1.82, 2.24) is 9.55 Å². The fourth-order valence-corrected chi connectivity index (χ4v) is 3.55. The van der Waals surface area contributed by atoms with E-state index >= 15 is 0 Å². The van der Waals surface area contributed by atoms with Gasteiger partial charge in [0.25, 0.3) is 0 Å². The van der Waals surface area contributed by atoms with Crippen LogP contribution in [-0.4, -0.2) is 24.2 Å². The molecule has 0 fully saturated rings. The second-order valence-corrected chi connectivity index (χ2v) is 13.3. The third-order valence-electron chi connectivity index (χ3n) is 4.37. The maximum atomic E-state index is 5.94. The highest BCUT2D eigenvalue weighted by Gasteiger charge is 2.19. The minimum atomic E-state index is -1.05. The fraction of sp³-hybridized carbons (Fsp3) is 0.526. The first-order valence-electron chi connectivity index (χ1n) is 8.79. The highest BCUT2D eigenvalue weighted by atomic mass is 28.3. The van der Waals surface area contributed by atoms with Gasteiger partial charge < -0.3 is 15.0 Å². The van der Waals surface area contributed by atoms with Crippen LogP contribution in [0.3, 0.4) is 0 Å². The van der Waals surface area contributed by atoms with E-state index in [2.05, 4.69) is 55.2 Å². The monoisotopic (exact) mass is 345 g/mol. The predicted octanol–water partition coefficient (Wildman–Crippen LogP) is 4.49. The van der Waals surface area contributed by atoms with Crippen LogP contribution in [0.1, 0.15) is 36.7 Å². The molecule has 2 N–H and O–H groups in total. The van der Waals surface area contributed by atoms with E-state index in [0.29, 0.717) is 6.73 Å². The molecule has 0 aliphatic rings.